The maximum Gasteiger partial charge on any atom is 0.279 e. The Kier molecular flexibility index (Phi) is 11.6. The van der Waals surface area contributed by atoms with E-state index in [1.807, 2.05) is 71.6 Å². The summed E-state index contributed by atoms with van der Waals surface area (Å²) >= 11 is 0. The molecule has 2 amide bonds. The van der Waals surface area contributed by atoms with Gasteiger partial charge in [0.15, 0.2) is 5.60 Å². The number of aliphatic hydroxyl groups is 1. The summed E-state index contributed by atoms with van der Waals surface area (Å²) in [6.07, 6.45) is 6.15. The number of carbonyl (C=O) groups is 2. The van der Waals surface area contributed by atoms with Crippen LogP contribution >= 0.6 is 0 Å². The summed E-state index contributed by atoms with van der Waals surface area (Å²) in [6, 6.07) is 29.1. The molecule has 1 fully saturated rings. The maximum atomic E-state index is 15.6. The average molecular weight is 839 g/mol. The third-order valence-electron chi connectivity index (χ3n) is 13.6. The van der Waals surface area contributed by atoms with E-state index in [1.165, 1.54) is 21.0 Å². The molecule has 1 aromatic heterocycles. The number of fused-ring (bicyclic) bond motifs is 4. The number of ether oxygens (including phenoxy) is 2. The van der Waals surface area contributed by atoms with E-state index in [4.69, 9.17) is 9.47 Å². The Hall–Kier alpha value is -5.49. The van der Waals surface area contributed by atoms with Crippen molar-refractivity contribution in [3.63, 3.8) is 0 Å². The molecule has 0 aliphatic carbocycles. The minimum absolute atomic E-state index is 0.0508. The lowest BCUT2D eigenvalue weighted by Crippen LogP contribution is -2.52. The van der Waals surface area contributed by atoms with Gasteiger partial charge < -0.3 is 24.4 Å². The van der Waals surface area contributed by atoms with Gasteiger partial charge in [0.1, 0.15) is 5.75 Å². The molecule has 2 N–H and O–H groups in total. The van der Waals surface area contributed by atoms with Crippen LogP contribution in [0.25, 0.3) is 16.6 Å². The highest BCUT2D eigenvalue weighted by atomic mass is 28.3. The molecule has 3 aliphatic rings. The van der Waals surface area contributed by atoms with Crippen LogP contribution in [0.5, 0.6) is 5.75 Å². The molecule has 5 aromatic rings. The first-order valence-electron chi connectivity index (χ1n) is 21.5. The number of carbonyl (C=O) groups excluding carboxylic acids is 2. The first-order chi connectivity index (χ1) is 29.3. The smallest absolute Gasteiger partial charge is 0.279 e. The van der Waals surface area contributed by atoms with Crippen molar-refractivity contribution in [2.24, 2.45) is 5.92 Å². The highest BCUT2D eigenvalue weighted by Crippen LogP contribution is 2.60. The lowest BCUT2D eigenvalue weighted by Gasteiger charge is -2.39. The molecule has 318 valence electrons. The van der Waals surface area contributed by atoms with E-state index in [0.717, 1.165) is 35.4 Å². The number of hydrogen-bond donors (Lipinski definition) is 2. The fourth-order valence-electron chi connectivity index (χ4n) is 10.3. The predicted molar refractivity (Wildman–Crippen MR) is 244 cm³/mol. The normalized spacial score (nSPS) is 22.5. The average Bonchev–Trinajstić information content (AvgIpc) is 3.84. The van der Waals surface area contributed by atoms with Gasteiger partial charge in [-0.1, -0.05) is 97.0 Å². The molecule has 0 bridgehead atoms. The molecule has 61 heavy (non-hydrogen) atoms. The molecule has 11 heteroatoms. The van der Waals surface area contributed by atoms with Crippen LogP contribution in [0.15, 0.2) is 119 Å². The summed E-state index contributed by atoms with van der Waals surface area (Å²) in [5.74, 6) is 0.123. The van der Waals surface area contributed by atoms with E-state index in [2.05, 4.69) is 76.2 Å². The largest absolute Gasteiger partial charge is 0.497 e. The Morgan fingerprint density at radius 3 is 2.39 bits per heavy atom. The van der Waals surface area contributed by atoms with Gasteiger partial charge in [-0.25, -0.2) is 4.68 Å². The first kappa shape index (κ1) is 42.2. The van der Waals surface area contributed by atoms with Crippen molar-refractivity contribution < 1.29 is 24.2 Å². The number of rotatable bonds is 12. The number of aromatic nitrogens is 2. The second-order valence-corrected chi connectivity index (χ2v) is 22.7. The van der Waals surface area contributed by atoms with Crippen LogP contribution in [0.4, 0.5) is 5.69 Å². The van der Waals surface area contributed by atoms with Crippen LogP contribution in [0, 0.1) is 5.92 Å². The molecule has 8 rings (SSSR count). The molecule has 10 nitrogen and oxygen atoms in total. The zero-order chi connectivity index (χ0) is 43.2. The third kappa shape index (κ3) is 7.50. The molecule has 3 aliphatic heterocycles. The Morgan fingerprint density at radius 2 is 1.69 bits per heavy atom. The number of nitrogens with one attached hydrogen (secondary N) is 1. The lowest BCUT2D eigenvalue weighted by molar-refractivity contribution is -0.150. The van der Waals surface area contributed by atoms with Gasteiger partial charge in [-0.3, -0.25) is 19.5 Å². The molecular weight excluding hydrogens is 781 g/mol. The van der Waals surface area contributed by atoms with Gasteiger partial charge in [0.2, 0.25) is 5.91 Å². The number of aromatic amines is 1. The number of amides is 2. The van der Waals surface area contributed by atoms with E-state index < -0.39 is 19.8 Å². The van der Waals surface area contributed by atoms with Crippen LogP contribution in [-0.4, -0.2) is 72.1 Å². The summed E-state index contributed by atoms with van der Waals surface area (Å²) in [5, 5.41) is 15.6. The van der Waals surface area contributed by atoms with Gasteiger partial charge >= 0.3 is 0 Å². The van der Waals surface area contributed by atoms with Crippen LogP contribution in [0.1, 0.15) is 63.6 Å². The van der Waals surface area contributed by atoms with Gasteiger partial charge in [0, 0.05) is 24.6 Å². The van der Waals surface area contributed by atoms with Crippen LogP contribution < -0.4 is 20.4 Å². The number of nitrogens with zero attached hydrogens (tertiary/aromatic N) is 3. The van der Waals surface area contributed by atoms with Crippen molar-refractivity contribution >= 4 is 41.7 Å². The molecule has 1 spiro atoms. The van der Waals surface area contributed by atoms with E-state index in [0.29, 0.717) is 41.7 Å². The summed E-state index contributed by atoms with van der Waals surface area (Å²) < 4.78 is 14.5. The molecule has 4 heterocycles. The molecule has 4 aromatic carbocycles. The Morgan fingerprint density at radius 1 is 0.967 bits per heavy atom. The molecule has 0 radical (unpaired) electrons. The number of allylic oxidation sites excluding steroid dienone is 3. The van der Waals surface area contributed by atoms with Crippen LogP contribution in [-0.2, 0) is 32.9 Å². The molecule has 5 atom stereocenters. The first-order valence-corrected chi connectivity index (χ1v) is 24.6. The predicted octanol–water partition coefficient (Wildman–Crippen LogP) is 7.92. The molecule has 0 unspecified atom stereocenters. The zero-order valence-corrected chi connectivity index (χ0v) is 37.4. The van der Waals surface area contributed by atoms with Gasteiger partial charge in [-0.05, 0) is 99.2 Å². The molecular formula is C50H58N4O6Si. The van der Waals surface area contributed by atoms with Crippen molar-refractivity contribution in [3.05, 3.63) is 141 Å². The lowest BCUT2D eigenvalue weighted by atomic mass is 9.82. The van der Waals surface area contributed by atoms with Gasteiger partial charge in [0.05, 0.1) is 62.6 Å². The number of hydrogen-bond acceptors (Lipinski definition) is 6. The highest BCUT2D eigenvalue weighted by molar-refractivity contribution is 6.91. The highest BCUT2D eigenvalue weighted by Gasteiger charge is 2.66. The Bertz CT molecular complexity index is 2590. The monoisotopic (exact) mass is 838 g/mol. The van der Waals surface area contributed by atoms with Gasteiger partial charge in [0.25, 0.3) is 11.5 Å². The van der Waals surface area contributed by atoms with E-state index in [-0.39, 0.29) is 47.9 Å². The second kappa shape index (κ2) is 16.8. The fourth-order valence-corrected chi connectivity index (χ4v) is 14.3. The number of aliphatic hydroxyl groups excluding tert-OH is 1. The maximum absolute atomic E-state index is 15.6. The van der Waals surface area contributed by atoms with Crippen molar-refractivity contribution in [2.75, 3.05) is 25.2 Å². The standard InChI is InChI=1S/C50H58N4O6Si/c1-32(2)13-12-14-33(3)25-26-52-44-24-19-37(54-48(57)41-17-10-11-18-43(41)51-54)28-42(44)50(49(52)58)34(4)47(61(6,7)40-22-20-39(59-5)21-23-40)45(60-50)29-46(56)53-30-36-16-9-8-15-35(36)27-38(53)31-55/h8-11,13,15-25,28,34,38,45,47,51,55H,12,14,26-27,29-31H2,1-7H3/b33-25+/t34-,38+,45+,47-,50+/m1/s1. The zero-order valence-electron chi connectivity index (χ0n) is 36.4. The Balaban J connectivity index is 1.24. The van der Waals surface area contributed by atoms with Crippen molar-refractivity contribution in [3.8, 4) is 11.4 Å². The minimum atomic E-state index is -2.59. The van der Waals surface area contributed by atoms with E-state index >= 15 is 4.79 Å². The number of H-pyrrole nitrogens is 1. The molecule has 0 saturated carbocycles. The number of benzene rings is 4. The summed E-state index contributed by atoms with van der Waals surface area (Å²) in [5.41, 5.74) is 5.60. The summed E-state index contributed by atoms with van der Waals surface area (Å²) in [7, 11) is -0.939. The van der Waals surface area contributed by atoms with Gasteiger partial charge in [-0.2, -0.15) is 0 Å². The number of anilines is 1. The van der Waals surface area contributed by atoms with Gasteiger partial charge in [-0.15, -0.1) is 0 Å². The topological polar surface area (TPSA) is 117 Å². The SMILES string of the molecule is COc1ccc([Si](C)(C)[C@H]2[C@H](CC(=O)N3Cc4ccccc4C[C@H]3CO)O[C@@]3(C(=O)N(C/C=C(\C)CCC=C(C)C)c4ccc(-n5[nH]c6ccccc6c5=O)cc43)[C@@H]2C)cc1. The number of para-hydroxylation sites is 1. The van der Waals surface area contributed by atoms with Crippen molar-refractivity contribution in [1.82, 2.24) is 14.7 Å². The fraction of sp³-hybridized carbons (Fsp3) is 0.380. The molecule has 1 saturated heterocycles. The second-order valence-electron chi connectivity index (χ2n) is 18.0. The van der Waals surface area contributed by atoms with Crippen LogP contribution in [0.2, 0.25) is 18.6 Å². The van der Waals surface area contributed by atoms with Crippen LogP contribution in [0.3, 0.4) is 0 Å². The summed E-state index contributed by atoms with van der Waals surface area (Å²) in [4.78, 5) is 47.8. The van der Waals surface area contributed by atoms with E-state index in [1.54, 1.807) is 18.1 Å². The third-order valence-corrected chi connectivity index (χ3v) is 18.0. The quantitative estimate of drug-likeness (QED) is 0.0975. The Labute approximate surface area is 359 Å². The van der Waals surface area contributed by atoms with Crippen molar-refractivity contribution in [1.29, 1.82) is 0 Å². The van der Waals surface area contributed by atoms with Crippen molar-refractivity contribution in [2.45, 2.75) is 96.3 Å². The number of methoxy groups -OCH3 is 1. The summed E-state index contributed by atoms with van der Waals surface area (Å²) in [6.45, 7) is 13.6. The minimum Gasteiger partial charge on any atom is -0.497 e. The van der Waals surface area contributed by atoms with E-state index in [9.17, 15) is 14.7 Å².